The minimum atomic E-state index is -4.69. The summed E-state index contributed by atoms with van der Waals surface area (Å²) in [6.07, 6.45) is -12.8. The molecule has 75 heavy (non-hydrogen) atoms. The number of carbonyl (C=O) groups is 4. The van der Waals surface area contributed by atoms with E-state index < -0.39 is 78.4 Å². The zero-order valence-electron chi connectivity index (χ0n) is 38.6. The maximum absolute atomic E-state index is 13.4. The van der Waals surface area contributed by atoms with Crippen molar-refractivity contribution in [1.29, 1.82) is 0 Å². The van der Waals surface area contributed by atoms with Crippen LogP contribution in [0.2, 0.25) is 10.0 Å². The Balaban J connectivity index is 0.000000242. The van der Waals surface area contributed by atoms with E-state index in [-0.39, 0.29) is 58.0 Å². The summed E-state index contributed by atoms with van der Waals surface area (Å²) in [6.45, 7) is 3.13. The van der Waals surface area contributed by atoms with E-state index in [1.54, 1.807) is 69.3 Å². The summed E-state index contributed by atoms with van der Waals surface area (Å²) in [5, 5.41) is 9.42. The van der Waals surface area contributed by atoms with E-state index in [2.05, 4.69) is 9.97 Å². The summed E-state index contributed by atoms with van der Waals surface area (Å²) in [6, 6.07) is 30.5. The number of fused-ring (bicyclic) bond motifs is 2. The van der Waals surface area contributed by atoms with Crippen LogP contribution in [0.4, 0.5) is 26.3 Å². The third-order valence-electron chi connectivity index (χ3n) is 9.97. The molecular formula is C53H42Cl2F6N2O12. The number of ether oxygens (including phenoxy) is 5. The van der Waals surface area contributed by atoms with Crippen molar-refractivity contribution in [1.82, 2.24) is 9.97 Å². The number of aromatic nitrogens is 2. The number of benzene rings is 6. The van der Waals surface area contributed by atoms with Gasteiger partial charge in [-0.25, -0.2) is 29.1 Å². The number of halogens is 8. The Kier molecular flexibility index (Phi) is 17.5. The highest BCUT2D eigenvalue weighted by Gasteiger charge is 2.36. The summed E-state index contributed by atoms with van der Waals surface area (Å²) in [7, 11) is 0. The van der Waals surface area contributed by atoms with Gasteiger partial charge in [0.1, 0.15) is 28.1 Å². The van der Waals surface area contributed by atoms with Crippen molar-refractivity contribution in [2.75, 3.05) is 13.2 Å². The molecule has 2 aromatic heterocycles. The monoisotopic (exact) mass is 1080 g/mol. The molecule has 22 heteroatoms. The quantitative estimate of drug-likeness (QED) is 0.0615. The highest BCUT2D eigenvalue weighted by atomic mass is 35.5. The fourth-order valence-electron chi connectivity index (χ4n) is 6.82. The van der Waals surface area contributed by atoms with Gasteiger partial charge < -0.3 is 37.6 Å². The van der Waals surface area contributed by atoms with E-state index in [1.165, 1.54) is 48.5 Å². The van der Waals surface area contributed by atoms with Crippen molar-refractivity contribution < 1.29 is 83.1 Å². The molecule has 0 aliphatic heterocycles. The molecule has 2 heterocycles. The van der Waals surface area contributed by atoms with Gasteiger partial charge in [0.15, 0.2) is 24.4 Å². The molecule has 0 saturated heterocycles. The first-order valence-electron chi connectivity index (χ1n) is 21.7. The van der Waals surface area contributed by atoms with Crippen molar-refractivity contribution in [2.24, 2.45) is 0 Å². The summed E-state index contributed by atoms with van der Waals surface area (Å²) in [5.74, 6) is -4.37. The fraction of sp³-hybridized carbons (Fsp3) is 0.208. The molecule has 0 amide bonds. The molecule has 2 atom stereocenters. The smallest absolute Gasteiger partial charge is 0.416 e. The Hall–Kier alpha value is -8.10. The van der Waals surface area contributed by atoms with Crippen LogP contribution in [-0.4, -0.2) is 57.8 Å². The minimum Gasteiger partial charge on any atom is -0.479 e. The fourth-order valence-corrected chi connectivity index (χ4v) is 7.16. The lowest BCUT2D eigenvalue weighted by molar-refractivity contribution is -0.169. The van der Waals surface area contributed by atoms with E-state index in [4.69, 9.17) is 60.8 Å². The lowest BCUT2D eigenvalue weighted by Crippen LogP contribution is -2.29. The summed E-state index contributed by atoms with van der Waals surface area (Å²) < 4.78 is 118. The van der Waals surface area contributed by atoms with Crippen molar-refractivity contribution in [2.45, 2.75) is 58.4 Å². The molecule has 2 unspecified atom stereocenters. The number of esters is 3. The largest absolute Gasteiger partial charge is 0.479 e. The van der Waals surface area contributed by atoms with Crippen molar-refractivity contribution in [3.63, 3.8) is 0 Å². The topological polar surface area (TPSA) is 187 Å². The molecule has 0 saturated carbocycles. The third kappa shape index (κ3) is 14.8. The average molecular weight is 1080 g/mol. The Morgan fingerprint density at radius 2 is 0.987 bits per heavy atom. The van der Waals surface area contributed by atoms with Crippen LogP contribution in [0.5, 0.6) is 11.5 Å². The predicted molar refractivity (Wildman–Crippen MR) is 261 cm³/mol. The number of carbonyl (C=O) groups excluding carboxylic acids is 3. The zero-order chi connectivity index (χ0) is 53.5. The van der Waals surface area contributed by atoms with Gasteiger partial charge in [-0.1, -0.05) is 79.2 Å². The van der Waals surface area contributed by atoms with Crippen LogP contribution in [0.3, 0.4) is 0 Å². The van der Waals surface area contributed by atoms with Gasteiger partial charge in [0.2, 0.25) is 24.0 Å². The highest BCUT2D eigenvalue weighted by Crippen LogP contribution is 2.40. The van der Waals surface area contributed by atoms with Crippen LogP contribution >= 0.6 is 23.2 Å². The van der Waals surface area contributed by atoms with E-state index in [0.717, 1.165) is 36.4 Å². The Bertz CT molecular complexity index is 3280. The first-order valence-corrected chi connectivity index (χ1v) is 22.4. The lowest BCUT2D eigenvalue weighted by atomic mass is 10.1. The second kappa shape index (κ2) is 23.4. The second-order valence-electron chi connectivity index (χ2n) is 16.7. The molecule has 0 spiro atoms. The first-order chi connectivity index (χ1) is 34.9. The SMILES string of the molecule is C.CC(C)(C)OC(=O)COC(=O)C(Oc1ccc(Cl)cc1-c1nc2ccccc2o1)c1cccc(C(F)(F)F)c1.O=C(O)COC(=O)C(Oc1ccc(Cl)cc1-c1nc2ccccc2o1)c1cccc(C(F)(F)F)c1. The zero-order valence-corrected chi connectivity index (χ0v) is 40.1. The second-order valence-corrected chi connectivity index (χ2v) is 17.6. The molecule has 0 aliphatic carbocycles. The van der Waals surface area contributed by atoms with E-state index in [1.807, 2.05) is 0 Å². The number of para-hydroxylation sites is 4. The molecule has 6 aromatic carbocycles. The maximum atomic E-state index is 13.4. The van der Waals surface area contributed by atoms with Crippen molar-refractivity contribution >= 4 is 69.3 Å². The van der Waals surface area contributed by atoms with Gasteiger partial charge in [-0.2, -0.15) is 26.3 Å². The Morgan fingerprint density at radius 3 is 1.37 bits per heavy atom. The van der Waals surface area contributed by atoms with E-state index in [0.29, 0.717) is 27.2 Å². The van der Waals surface area contributed by atoms with Crippen LogP contribution in [0.25, 0.3) is 45.1 Å². The molecule has 8 rings (SSSR count). The number of hydrogen-bond acceptors (Lipinski definition) is 13. The number of carboxylic acids is 1. The van der Waals surface area contributed by atoms with Crippen molar-refractivity contribution in [3.05, 3.63) is 166 Å². The first kappa shape index (κ1) is 56.2. The molecular weight excluding hydrogens is 1040 g/mol. The predicted octanol–water partition coefficient (Wildman–Crippen LogP) is 13.7. The van der Waals surface area contributed by atoms with Crippen LogP contribution in [-0.2, 0) is 45.7 Å². The molecule has 392 valence electrons. The standard InChI is InChI=1S/C28H23ClF3NO6.C24H15ClF3NO6.CH4/c1-27(2,3)39-23(34)15-36-26(35)24(16-7-6-8-17(13-16)28(30,31)32)37-21-12-11-18(29)14-19(21)25-33-20-9-4-5-10-22(20)38-25;25-15-8-9-18(16(11-15)22-29-17-6-1-2-7-19(17)35-22)34-21(23(32)33-12-20(30)31)13-4-3-5-14(10-13)24(26,27)28;/h4-14,24H,15H2,1-3H3;1-11,21H,12H2,(H,30,31);1H4. The van der Waals surface area contributed by atoms with Crippen LogP contribution in [0.1, 0.15) is 62.7 Å². The molecule has 0 fully saturated rings. The number of oxazole rings is 2. The number of aliphatic carboxylic acids is 1. The Labute approximate surface area is 432 Å². The van der Waals surface area contributed by atoms with Gasteiger partial charge >= 0.3 is 36.2 Å². The van der Waals surface area contributed by atoms with Gasteiger partial charge in [-0.05, 0) is 106 Å². The average Bonchev–Trinajstić information content (AvgIpc) is 3.99. The van der Waals surface area contributed by atoms with Gasteiger partial charge in [0, 0.05) is 21.2 Å². The van der Waals surface area contributed by atoms with E-state index in [9.17, 15) is 45.5 Å². The van der Waals surface area contributed by atoms with Crippen LogP contribution < -0.4 is 9.47 Å². The summed E-state index contributed by atoms with van der Waals surface area (Å²) in [4.78, 5) is 57.6. The molecule has 14 nitrogen and oxygen atoms in total. The van der Waals surface area contributed by atoms with Gasteiger partial charge in [0.25, 0.3) is 0 Å². The number of rotatable bonds is 14. The lowest BCUT2D eigenvalue weighted by Gasteiger charge is -2.22. The van der Waals surface area contributed by atoms with Gasteiger partial charge in [-0.3, -0.25) is 0 Å². The molecule has 0 aliphatic rings. The third-order valence-corrected chi connectivity index (χ3v) is 10.4. The van der Waals surface area contributed by atoms with Crippen molar-refractivity contribution in [3.8, 4) is 34.4 Å². The summed E-state index contributed by atoms with van der Waals surface area (Å²) >= 11 is 12.3. The molecule has 8 aromatic rings. The number of hydrogen-bond donors (Lipinski definition) is 1. The molecule has 1 N–H and O–H groups in total. The minimum absolute atomic E-state index is 0. The normalized spacial score (nSPS) is 12.4. The molecule has 0 radical (unpaired) electrons. The number of carboxylic acid groups (broad SMARTS) is 1. The summed E-state index contributed by atoms with van der Waals surface area (Å²) in [5.41, 5.74) is -0.730. The van der Waals surface area contributed by atoms with Gasteiger partial charge in [0.05, 0.1) is 22.3 Å². The number of nitrogens with zero attached hydrogens (tertiary/aromatic N) is 2. The highest BCUT2D eigenvalue weighted by molar-refractivity contribution is 6.31. The Morgan fingerprint density at radius 1 is 0.573 bits per heavy atom. The van der Waals surface area contributed by atoms with Crippen LogP contribution in [0.15, 0.2) is 142 Å². The molecule has 0 bridgehead atoms. The van der Waals surface area contributed by atoms with Gasteiger partial charge in [-0.15, -0.1) is 0 Å². The number of alkyl halides is 6. The van der Waals surface area contributed by atoms with E-state index >= 15 is 0 Å². The maximum Gasteiger partial charge on any atom is 0.416 e. The van der Waals surface area contributed by atoms with Crippen LogP contribution in [0, 0.1) is 0 Å².